The number of carbonyl (C=O) groups excluding carboxylic acids is 5. The Morgan fingerprint density at radius 3 is 2.22 bits per heavy atom. The summed E-state index contributed by atoms with van der Waals surface area (Å²) in [5.74, 6) is -5.00. The second-order valence-corrected chi connectivity index (χ2v) is 22.6. The van der Waals surface area contributed by atoms with Gasteiger partial charge in [-0.25, -0.2) is 0 Å². The number of nitrogens with zero attached hydrogens (tertiary/aromatic N) is 1. The third-order valence-electron chi connectivity index (χ3n) is 16.5. The van der Waals surface area contributed by atoms with Gasteiger partial charge >= 0.3 is 0 Å². The van der Waals surface area contributed by atoms with Gasteiger partial charge in [0.2, 0.25) is 11.7 Å². The molecule has 4 aliphatic rings. The molecule has 2 aliphatic carbocycles. The van der Waals surface area contributed by atoms with Gasteiger partial charge in [0.25, 0.3) is 11.7 Å². The van der Waals surface area contributed by atoms with Crippen molar-refractivity contribution in [1.29, 1.82) is 0 Å². The summed E-state index contributed by atoms with van der Waals surface area (Å²) < 4.78 is 23.0. The minimum atomic E-state index is -2.33. The highest BCUT2D eigenvalue weighted by Crippen LogP contribution is 2.37. The first-order valence-corrected chi connectivity index (χ1v) is 28.2. The number of amides is 2. The lowest BCUT2D eigenvalue weighted by Crippen LogP contribution is -2.61. The minimum Gasteiger partial charge on any atom is -0.390 e. The van der Waals surface area contributed by atoms with Gasteiger partial charge in [0.15, 0.2) is 11.6 Å². The number of ether oxygens (including phenoxy) is 4. The predicted molar refractivity (Wildman–Crippen MR) is 289 cm³/mol. The first kappa shape index (κ1) is 62.9. The Labute approximate surface area is 444 Å². The summed E-state index contributed by atoms with van der Waals surface area (Å²) in [7, 11) is 4.63. The normalized spacial score (nSPS) is 28.7. The fourth-order valence-corrected chi connectivity index (χ4v) is 11.7. The zero-order chi connectivity index (χ0) is 54.5. The molecule has 0 spiro atoms. The van der Waals surface area contributed by atoms with Crippen LogP contribution in [0.25, 0.3) is 0 Å². The standard InChI is InChI=1S/C60H96N2O12/c1-39(34-43(5)54(65)56(73-10)55(66)44(6)36-42(4)50(63)30-26-40(2)35-47-28-31-51(64)53(37-47)72-9)20-13-11-14-21-41(3)52(71-8)38-48-29-27-45(7)60(70,74-48)57(67)59(69)62-33-18-17-25-49(62)58(68)61-32-19-24-46-22-15-12-16-23-46/h11,13-14,20-21,26,30,36,39-40,42-43,45-49,51-53,55-56,64,66,70H,12,15-19,22-25,27-29,31-35,37-38H2,1-10H3,(H,61,68)/b14-11+,20-13+,30-26+,41-21+,44-36+/t39-,40+,42-,43-,45-,47+,48+,49+,51-,52+,53-,55-,56+,60-/m1/s1. The fraction of sp³-hybridized carbons (Fsp3) is 0.750. The molecule has 74 heavy (non-hydrogen) atoms. The summed E-state index contributed by atoms with van der Waals surface area (Å²) in [6.07, 6.45) is 26.5. The second kappa shape index (κ2) is 31.6. The number of nitrogens with one attached hydrogen (secondary N) is 1. The Morgan fingerprint density at radius 1 is 0.811 bits per heavy atom. The Kier molecular flexibility index (Phi) is 26.8. The monoisotopic (exact) mass is 1040 g/mol. The summed E-state index contributed by atoms with van der Waals surface area (Å²) in [6, 6.07) is -0.761. The number of hydrogen-bond donors (Lipinski definition) is 4. The van der Waals surface area contributed by atoms with Crippen LogP contribution in [0.15, 0.2) is 59.8 Å². The van der Waals surface area contributed by atoms with Crippen LogP contribution in [0.5, 0.6) is 0 Å². The molecule has 4 rings (SSSR count). The van der Waals surface area contributed by atoms with Gasteiger partial charge in [-0.15, -0.1) is 0 Å². The molecule has 0 radical (unpaired) electrons. The lowest BCUT2D eigenvalue weighted by molar-refractivity contribution is -0.265. The highest BCUT2D eigenvalue weighted by atomic mass is 16.6. The first-order chi connectivity index (χ1) is 35.2. The van der Waals surface area contributed by atoms with Gasteiger partial charge in [-0.3, -0.25) is 24.0 Å². The lowest BCUT2D eigenvalue weighted by atomic mass is 9.80. The molecule has 14 atom stereocenters. The van der Waals surface area contributed by atoms with Crippen molar-refractivity contribution in [2.24, 2.45) is 41.4 Å². The Balaban J connectivity index is 1.24. The number of likely N-dealkylation sites (tertiary alicyclic amines) is 1. The van der Waals surface area contributed by atoms with Crippen molar-refractivity contribution in [1.82, 2.24) is 10.2 Å². The maximum atomic E-state index is 13.9. The highest BCUT2D eigenvalue weighted by Gasteiger charge is 2.53. The molecule has 2 aliphatic heterocycles. The van der Waals surface area contributed by atoms with Gasteiger partial charge in [0.1, 0.15) is 18.2 Å². The Morgan fingerprint density at radius 2 is 1.53 bits per heavy atom. The number of piperidine rings is 1. The topological polar surface area (TPSA) is 198 Å². The number of ketones is 3. The zero-order valence-electron chi connectivity index (χ0n) is 46.8. The Bertz CT molecular complexity index is 1950. The molecule has 14 nitrogen and oxygen atoms in total. The molecule has 0 aromatic rings. The molecule has 0 bridgehead atoms. The van der Waals surface area contributed by atoms with E-state index in [0.29, 0.717) is 62.5 Å². The minimum absolute atomic E-state index is 0.0254. The van der Waals surface area contributed by atoms with E-state index in [0.717, 1.165) is 50.5 Å². The molecule has 2 saturated heterocycles. The van der Waals surface area contributed by atoms with E-state index in [1.54, 1.807) is 47.1 Å². The number of Topliss-reactive ketones (excluding diaryl/α,β-unsaturated/α-hetero) is 2. The van der Waals surface area contributed by atoms with E-state index in [2.05, 4.69) is 12.2 Å². The van der Waals surface area contributed by atoms with E-state index in [4.69, 9.17) is 18.9 Å². The van der Waals surface area contributed by atoms with Crippen LogP contribution < -0.4 is 5.32 Å². The van der Waals surface area contributed by atoms with E-state index < -0.39 is 71.8 Å². The van der Waals surface area contributed by atoms with Crippen molar-refractivity contribution in [2.45, 2.75) is 212 Å². The second-order valence-electron chi connectivity index (χ2n) is 22.6. The molecule has 0 unspecified atom stereocenters. The molecule has 2 heterocycles. The summed E-state index contributed by atoms with van der Waals surface area (Å²) in [5.41, 5.74) is 1.39. The zero-order valence-corrected chi connectivity index (χ0v) is 46.8. The maximum absolute atomic E-state index is 13.9. The van der Waals surface area contributed by atoms with Crippen LogP contribution in [0.4, 0.5) is 0 Å². The van der Waals surface area contributed by atoms with Gasteiger partial charge in [-0.2, -0.15) is 0 Å². The number of methoxy groups -OCH3 is 3. The van der Waals surface area contributed by atoms with Gasteiger partial charge < -0.3 is 44.5 Å². The van der Waals surface area contributed by atoms with Crippen LogP contribution in [0.2, 0.25) is 0 Å². The summed E-state index contributed by atoms with van der Waals surface area (Å²) >= 11 is 0. The van der Waals surface area contributed by atoms with E-state index >= 15 is 0 Å². The molecular weight excluding hydrogens is 941 g/mol. The third-order valence-corrected chi connectivity index (χ3v) is 16.5. The summed E-state index contributed by atoms with van der Waals surface area (Å²) in [6.45, 7) is 13.9. The van der Waals surface area contributed by atoms with Crippen LogP contribution in [0, 0.1) is 41.4 Å². The molecular formula is C60H96N2O12. The quantitative estimate of drug-likeness (QED) is 0.0191. The first-order valence-electron chi connectivity index (χ1n) is 28.2. The average Bonchev–Trinajstić information content (AvgIpc) is 3.39. The molecule has 2 saturated carbocycles. The van der Waals surface area contributed by atoms with Crippen molar-refractivity contribution < 1.29 is 58.2 Å². The van der Waals surface area contributed by atoms with Gasteiger partial charge in [0.05, 0.1) is 24.4 Å². The van der Waals surface area contributed by atoms with Crippen molar-refractivity contribution in [3.8, 4) is 0 Å². The van der Waals surface area contributed by atoms with Gasteiger partial charge in [-0.05, 0) is 132 Å². The van der Waals surface area contributed by atoms with E-state index in [-0.39, 0.29) is 42.0 Å². The predicted octanol–water partition coefficient (Wildman–Crippen LogP) is 8.90. The average molecular weight is 1040 g/mol. The van der Waals surface area contributed by atoms with Crippen LogP contribution in [0.1, 0.15) is 164 Å². The van der Waals surface area contributed by atoms with Crippen LogP contribution in [0.3, 0.4) is 0 Å². The summed E-state index contributed by atoms with van der Waals surface area (Å²) in [5, 5.41) is 36.2. The van der Waals surface area contributed by atoms with E-state index in [1.165, 1.54) is 44.1 Å². The molecule has 0 aromatic heterocycles. The fourth-order valence-electron chi connectivity index (χ4n) is 11.7. The smallest absolute Gasteiger partial charge is 0.296 e. The Hall–Kier alpha value is -3.63. The number of rotatable bonds is 28. The largest absolute Gasteiger partial charge is 0.390 e. The van der Waals surface area contributed by atoms with Crippen molar-refractivity contribution in [2.75, 3.05) is 34.4 Å². The van der Waals surface area contributed by atoms with Crippen molar-refractivity contribution in [3.63, 3.8) is 0 Å². The van der Waals surface area contributed by atoms with Crippen LogP contribution in [-0.2, 0) is 42.9 Å². The third kappa shape index (κ3) is 18.8. The van der Waals surface area contributed by atoms with Crippen LogP contribution >= 0.6 is 0 Å². The molecule has 4 N–H and O–H groups in total. The molecule has 14 heteroatoms. The maximum Gasteiger partial charge on any atom is 0.296 e. The number of aliphatic hydroxyl groups is 3. The van der Waals surface area contributed by atoms with Crippen molar-refractivity contribution in [3.05, 3.63) is 59.8 Å². The highest BCUT2D eigenvalue weighted by molar-refractivity contribution is 6.39. The SMILES string of the molecule is CO[C@@H](C[C@@H]1CC[C@@H](C)[C@](O)(C(=O)C(=O)N2CCCC[C@H]2C(=O)NCCCC2CCCCC2)O1)/C(C)=C/C=C/C=C/[C@@H](C)C[C@@H](C)C(=O)[C@H](OC)[C@H](O)/C(C)=C/[C@@H](C)C(=O)/C=C/[C@H](C)C[C@@H]1CC[C@@H](O)[C@H](OC)C1. The number of allylic oxidation sites excluding steroid dienone is 8. The number of carbonyl (C=O) groups is 5. The molecule has 0 aromatic carbocycles. The van der Waals surface area contributed by atoms with E-state index in [1.807, 2.05) is 57.2 Å². The summed E-state index contributed by atoms with van der Waals surface area (Å²) in [4.78, 5) is 69.2. The van der Waals surface area contributed by atoms with Crippen LogP contribution in [-0.4, -0.2) is 132 Å². The molecule has 4 fully saturated rings. The van der Waals surface area contributed by atoms with Gasteiger partial charge in [-0.1, -0.05) is 109 Å². The van der Waals surface area contributed by atoms with E-state index in [9.17, 15) is 39.3 Å². The van der Waals surface area contributed by atoms with Gasteiger partial charge in [0, 0.05) is 58.6 Å². The molecule has 418 valence electrons. The lowest BCUT2D eigenvalue weighted by Gasteiger charge is -2.42. The molecule has 2 amide bonds. The number of hydrogen-bond acceptors (Lipinski definition) is 12. The number of aliphatic hydroxyl groups excluding tert-OH is 2. The van der Waals surface area contributed by atoms with Crippen molar-refractivity contribution >= 4 is 29.2 Å².